The minimum Gasteiger partial charge on any atom is -0.362 e. The van der Waals surface area contributed by atoms with Gasteiger partial charge in [-0.1, -0.05) is 24.3 Å². The summed E-state index contributed by atoms with van der Waals surface area (Å²) in [6.07, 6.45) is 4.23. The quantitative estimate of drug-likeness (QED) is 0.525. The Labute approximate surface area is 191 Å². The zero-order valence-electron chi connectivity index (χ0n) is 17.9. The number of benzene rings is 2. The van der Waals surface area contributed by atoms with Crippen LogP contribution in [0.2, 0.25) is 0 Å². The highest BCUT2D eigenvalue weighted by Crippen LogP contribution is 2.28. The lowest BCUT2D eigenvalue weighted by atomic mass is 9.86. The maximum atomic E-state index is 12.4. The summed E-state index contributed by atoms with van der Waals surface area (Å²) in [5.74, 6) is 2.09. The van der Waals surface area contributed by atoms with Crippen LogP contribution in [-0.4, -0.2) is 42.6 Å². The first-order chi connectivity index (χ1) is 15.0. The van der Waals surface area contributed by atoms with Gasteiger partial charge in [-0.05, 0) is 71.8 Å². The van der Waals surface area contributed by atoms with Gasteiger partial charge < -0.3 is 15.5 Å². The van der Waals surface area contributed by atoms with Crippen molar-refractivity contribution in [3.63, 3.8) is 0 Å². The van der Waals surface area contributed by atoms with E-state index in [9.17, 15) is 4.79 Å². The molecule has 4 rings (SSSR count). The summed E-state index contributed by atoms with van der Waals surface area (Å²) in [7, 11) is 4.01. The number of aromatic nitrogens is 2. The number of hydrogen-bond donors (Lipinski definition) is 2. The van der Waals surface area contributed by atoms with Gasteiger partial charge in [0.25, 0.3) is 5.91 Å². The third-order valence-electron chi connectivity index (χ3n) is 5.86. The molecule has 6 nitrogen and oxygen atoms in total. The molecule has 1 aromatic heterocycles. The minimum absolute atomic E-state index is 0.0199. The van der Waals surface area contributed by atoms with Crippen molar-refractivity contribution in [2.75, 3.05) is 30.9 Å². The maximum absolute atomic E-state index is 12.4. The summed E-state index contributed by atoms with van der Waals surface area (Å²) < 4.78 is 0.827. The number of para-hydroxylation sites is 1. The first kappa shape index (κ1) is 21.6. The Hall–Kier alpha value is -2.67. The van der Waals surface area contributed by atoms with Crippen molar-refractivity contribution >= 4 is 44.5 Å². The fraction of sp³-hybridized carbons (Fsp3) is 0.375. The molecular weight excluding hydrogens is 454 g/mol. The Morgan fingerprint density at radius 1 is 1.03 bits per heavy atom. The van der Waals surface area contributed by atoms with Gasteiger partial charge in [0.05, 0.1) is 11.1 Å². The zero-order valence-corrected chi connectivity index (χ0v) is 19.5. The van der Waals surface area contributed by atoms with Crippen LogP contribution in [0.15, 0.2) is 53.0 Å². The zero-order chi connectivity index (χ0) is 21.8. The molecule has 0 atom stereocenters. The molecular formula is C24H28BrN5O. The van der Waals surface area contributed by atoms with Gasteiger partial charge in [-0.3, -0.25) is 4.79 Å². The molecule has 31 heavy (non-hydrogen) atoms. The van der Waals surface area contributed by atoms with Gasteiger partial charge in [0.1, 0.15) is 5.82 Å². The molecule has 0 bridgehead atoms. The fourth-order valence-electron chi connectivity index (χ4n) is 4.14. The number of nitrogens with one attached hydrogen (secondary N) is 2. The number of hydrogen-bond acceptors (Lipinski definition) is 5. The molecule has 3 aromatic rings. The van der Waals surface area contributed by atoms with Crippen molar-refractivity contribution in [1.29, 1.82) is 0 Å². The van der Waals surface area contributed by atoms with Gasteiger partial charge in [-0.25, -0.2) is 4.98 Å². The molecule has 7 heteroatoms. The average molecular weight is 482 g/mol. The van der Waals surface area contributed by atoms with Crippen LogP contribution in [0.1, 0.15) is 36.0 Å². The van der Waals surface area contributed by atoms with E-state index in [1.165, 1.54) is 0 Å². The molecule has 0 saturated heterocycles. The minimum atomic E-state index is -0.0199. The third kappa shape index (κ3) is 5.15. The van der Waals surface area contributed by atoms with Gasteiger partial charge >= 0.3 is 0 Å². The Bertz CT molecular complexity index is 1060. The van der Waals surface area contributed by atoms with E-state index in [0.29, 0.717) is 30.0 Å². The summed E-state index contributed by atoms with van der Waals surface area (Å²) in [5, 5.41) is 7.70. The number of anilines is 2. The predicted octanol–water partition coefficient (Wildman–Crippen LogP) is 4.86. The molecule has 2 N–H and O–H groups in total. The standard InChI is InChI=1S/C24H28BrN5O/c1-30(2)22-19-8-4-6-10-21(19)28-24(29-22)27-17-13-11-16(12-14-17)15-26-23(31)18-7-3-5-9-20(18)25/h3-10,16-17H,11-15H2,1-2H3,(H,26,31)(H,27,28,29). The van der Waals surface area contributed by atoms with Crippen LogP contribution < -0.4 is 15.5 Å². The topological polar surface area (TPSA) is 70.2 Å². The lowest BCUT2D eigenvalue weighted by Gasteiger charge is -2.29. The van der Waals surface area contributed by atoms with Crippen LogP contribution in [0, 0.1) is 5.92 Å². The number of carbonyl (C=O) groups is 1. The Morgan fingerprint density at radius 3 is 2.48 bits per heavy atom. The molecule has 0 aliphatic heterocycles. The molecule has 1 fully saturated rings. The molecule has 162 valence electrons. The highest BCUT2D eigenvalue weighted by molar-refractivity contribution is 9.10. The highest BCUT2D eigenvalue weighted by Gasteiger charge is 2.23. The second-order valence-corrected chi connectivity index (χ2v) is 9.19. The molecule has 2 aromatic carbocycles. The molecule has 1 heterocycles. The number of rotatable bonds is 6. The number of halogens is 1. The monoisotopic (exact) mass is 481 g/mol. The predicted molar refractivity (Wildman–Crippen MR) is 130 cm³/mol. The summed E-state index contributed by atoms with van der Waals surface area (Å²) >= 11 is 3.45. The van der Waals surface area contributed by atoms with Crippen molar-refractivity contribution in [3.05, 3.63) is 58.6 Å². The van der Waals surface area contributed by atoms with Crippen molar-refractivity contribution < 1.29 is 4.79 Å². The van der Waals surface area contributed by atoms with Crippen LogP contribution in [0.3, 0.4) is 0 Å². The van der Waals surface area contributed by atoms with Crippen LogP contribution in [-0.2, 0) is 0 Å². The van der Waals surface area contributed by atoms with Gasteiger partial charge in [-0.15, -0.1) is 0 Å². The molecule has 1 saturated carbocycles. The van der Waals surface area contributed by atoms with E-state index in [-0.39, 0.29) is 5.91 Å². The second kappa shape index (κ2) is 9.64. The van der Waals surface area contributed by atoms with E-state index in [2.05, 4.69) is 32.6 Å². The van der Waals surface area contributed by atoms with Gasteiger partial charge in [0.15, 0.2) is 0 Å². The van der Waals surface area contributed by atoms with E-state index < -0.39 is 0 Å². The summed E-state index contributed by atoms with van der Waals surface area (Å²) in [6, 6.07) is 16.0. The highest BCUT2D eigenvalue weighted by atomic mass is 79.9. The third-order valence-corrected chi connectivity index (χ3v) is 6.55. The lowest BCUT2D eigenvalue weighted by molar-refractivity contribution is 0.0942. The SMILES string of the molecule is CN(C)c1nc(NC2CCC(CNC(=O)c3ccccc3Br)CC2)nc2ccccc12. The summed E-state index contributed by atoms with van der Waals surface area (Å²) in [4.78, 5) is 23.9. The first-order valence-corrected chi connectivity index (χ1v) is 11.5. The summed E-state index contributed by atoms with van der Waals surface area (Å²) in [5.41, 5.74) is 1.63. The van der Waals surface area contributed by atoms with E-state index in [1.54, 1.807) is 0 Å². The van der Waals surface area contributed by atoms with Crippen molar-refractivity contribution in [3.8, 4) is 0 Å². The number of fused-ring (bicyclic) bond motifs is 1. The van der Waals surface area contributed by atoms with Crippen LogP contribution in [0.5, 0.6) is 0 Å². The van der Waals surface area contributed by atoms with Gasteiger partial charge in [0.2, 0.25) is 5.95 Å². The maximum Gasteiger partial charge on any atom is 0.252 e. The lowest BCUT2D eigenvalue weighted by Crippen LogP contribution is -2.34. The molecule has 1 amide bonds. The van der Waals surface area contributed by atoms with E-state index in [0.717, 1.165) is 46.9 Å². The molecule has 0 spiro atoms. The Balaban J connectivity index is 1.32. The second-order valence-electron chi connectivity index (χ2n) is 8.33. The summed E-state index contributed by atoms with van der Waals surface area (Å²) in [6.45, 7) is 0.712. The molecule has 0 radical (unpaired) electrons. The molecule has 1 aliphatic carbocycles. The van der Waals surface area contributed by atoms with Crippen molar-refractivity contribution in [2.24, 2.45) is 5.92 Å². The van der Waals surface area contributed by atoms with Gasteiger partial charge in [-0.2, -0.15) is 4.98 Å². The largest absolute Gasteiger partial charge is 0.362 e. The van der Waals surface area contributed by atoms with Crippen molar-refractivity contribution in [1.82, 2.24) is 15.3 Å². The fourth-order valence-corrected chi connectivity index (χ4v) is 4.60. The number of amides is 1. The van der Waals surface area contributed by atoms with Crippen molar-refractivity contribution in [2.45, 2.75) is 31.7 Å². The average Bonchev–Trinajstić information content (AvgIpc) is 2.78. The van der Waals surface area contributed by atoms with E-state index >= 15 is 0 Å². The number of carbonyl (C=O) groups excluding carboxylic acids is 1. The van der Waals surface area contributed by atoms with Crippen LogP contribution >= 0.6 is 15.9 Å². The smallest absolute Gasteiger partial charge is 0.252 e. The molecule has 0 unspecified atom stereocenters. The normalized spacial score (nSPS) is 18.5. The van der Waals surface area contributed by atoms with Crippen LogP contribution in [0.4, 0.5) is 11.8 Å². The first-order valence-electron chi connectivity index (χ1n) is 10.7. The van der Waals surface area contributed by atoms with E-state index in [4.69, 9.17) is 9.97 Å². The van der Waals surface area contributed by atoms with E-state index in [1.807, 2.05) is 61.5 Å². The Kier molecular flexibility index (Phi) is 6.70. The molecule has 1 aliphatic rings. The number of nitrogens with zero attached hydrogens (tertiary/aromatic N) is 3. The van der Waals surface area contributed by atoms with Gasteiger partial charge in [0, 0.05) is 36.5 Å². The Morgan fingerprint density at radius 2 is 1.74 bits per heavy atom. The van der Waals surface area contributed by atoms with Crippen LogP contribution in [0.25, 0.3) is 10.9 Å².